The van der Waals surface area contributed by atoms with E-state index >= 15 is 0 Å². The second-order valence-electron chi connectivity index (χ2n) is 10.4. The first-order valence-corrected chi connectivity index (χ1v) is 14.3. The van der Waals surface area contributed by atoms with Gasteiger partial charge in [-0.25, -0.2) is 0 Å². The molecule has 29 heavy (non-hydrogen) atoms. The van der Waals surface area contributed by atoms with Crippen LogP contribution in [0.25, 0.3) is 0 Å². The lowest BCUT2D eigenvalue weighted by Gasteiger charge is -2.56. The summed E-state index contributed by atoms with van der Waals surface area (Å²) in [4.78, 5) is 12.8. The highest BCUT2D eigenvalue weighted by atomic mass is 33.1. The van der Waals surface area contributed by atoms with Gasteiger partial charge >= 0.3 is 9.15 Å². The maximum Gasteiger partial charge on any atom is 0.320 e. The van der Waals surface area contributed by atoms with E-state index in [1.807, 2.05) is 7.11 Å². The Morgan fingerprint density at radius 1 is 1.07 bits per heavy atom. The smallest absolute Gasteiger partial charge is 0.320 e. The molecule has 0 aliphatic heterocycles. The van der Waals surface area contributed by atoms with Crippen LogP contribution < -0.4 is 0 Å². The Bertz CT molecular complexity index is 723. The standard InChI is InChI=1S/C22H36O5S2/c1-22-10-9-17-16-5-3-14(12-27-2)11-15(16)4-6-18(17)19(22)7-8-20(22)21(23)13-28-29(24,25)26/h14-20H,3-13H2,1-2H3,(H,24,25,26)/t14-,15-,16-,17?,18?,19?,20+,22-/m0/s1. The normalized spacial score (nSPS) is 44.6. The molecule has 3 unspecified atom stereocenters. The van der Waals surface area contributed by atoms with Crippen molar-refractivity contribution in [1.29, 1.82) is 0 Å². The summed E-state index contributed by atoms with van der Waals surface area (Å²) in [6.45, 7) is 3.20. The molecule has 166 valence electrons. The van der Waals surface area contributed by atoms with Crippen molar-refractivity contribution in [2.45, 2.75) is 64.7 Å². The van der Waals surface area contributed by atoms with E-state index in [0.29, 0.717) is 16.7 Å². The van der Waals surface area contributed by atoms with Gasteiger partial charge in [0.15, 0.2) is 0 Å². The molecule has 4 aliphatic carbocycles. The third-order valence-electron chi connectivity index (χ3n) is 9.20. The van der Waals surface area contributed by atoms with E-state index in [4.69, 9.17) is 9.29 Å². The highest BCUT2D eigenvalue weighted by molar-refractivity contribution is 8.70. The highest BCUT2D eigenvalue weighted by Crippen LogP contribution is 2.64. The van der Waals surface area contributed by atoms with Gasteiger partial charge in [0.05, 0.1) is 5.75 Å². The van der Waals surface area contributed by atoms with Gasteiger partial charge in [-0.1, -0.05) is 6.92 Å². The van der Waals surface area contributed by atoms with Crippen molar-refractivity contribution in [3.05, 3.63) is 0 Å². The summed E-state index contributed by atoms with van der Waals surface area (Å²) in [7, 11) is -1.96. The van der Waals surface area contributed by atoms with Gasteiger partial charge in [0, 0.05) is 30.4 Å². The molecule has 0 aromatic carbocycles. The summed E-state index contributed by atoms with van der Waals surface area (Å²) in [5, 5.41) is 0. The van der Waals surface area contributed by atoms with Gasteiger partial charge in [-0.15, -0.1) is 0 Å². The average molecular weight is 445 g/mol. The minimum absolute atomic E-state index is 0.0120. The molecular weight excluding hydrogens is 408 g/mol. The Kier molecular flexibility index (Phi) is 6.43. The predicted molar refractivity (Wildman–Crippen MR) is 115 cm³/mol. The SMILES string of the molecule is COC[C@H]1CC[C@@H]2C3CC[C@@]4(C)C(CC[C@@H]4C(=O)CSS(=O)(=O)O)C3CC[C@H]2C1. The third-order valence-corrected chi connectivity index (χ3v) is 11.2. The van der Waals surface area contributed by atoms with Gasteiger partial charge < -0.3 is 4.74 Å². The molecule has 0 amide bonds. The van der Waals surface area contributed by atoms with Crippen molar-refractivity contribution in [2.75, 3.05) is 19.5 Å². The van der Waals surface area contributed by atoms with Gasteiger partial charge in [0.25, 0.3) is 0 Å². The maximum absolute atomic E-state index is 12.8. The number of carbonyl (C=O) groups excluding carboxylic acids is 1. The van der Waals surface area contributed by atoms with Gasteiger partial charge in [0.1, 0.15) is 5.78 Å². The van der Waals surface area contributed by atoms with Gasteiger partial charge in [-0.05, 0) is 98.7 Å². The van der Waals surface area contributed by atoms with E-state index < -0.39 is 9.15 Å². The molecule has 4 aliphatic rings. The number of carbonyl (C=O) groups is 1. The van der Waals surface area contributed by atoms with Crippen LogP contribution in [0, 0.1) is 46.8 Å². The Morgan fingerprint density at radius 2 is 1.83 bits per heavy atom. The van der Waals surface area contributed by atoms with Crippen LogP contribution in [0.1, 0.15) is 64.7 Å². The molecule has 7 heteroatoms. The topological polar surface area (TPSA) is 80.7 Å². The average Bonchev–Trinajstić information content (AvgIpc) is 3.03. The molecular formula is C22H36O5S2. The molecule has 5 nitrogen and oxygen atoms in total. The zero-order valence-corrected chi connectivity index (χ0v) is 19.3. The van der Waals surface area contributed by atoms with Crippen molar-refractivity contribution >= 4 is 25.7 Å². The fraction of sp³-hybridized carbons (Fsp3) is 0.955. The van der Waals surface area contributed by atoms with Crippen molar-refractivity contribution in [1.82, 2.24) is 0 Å². The number of hydrogen-bond acceptors (Lipinski definition) is 5. The maximum atomic E-state index is 12.8. The highest BCUT2D eigenvalue weighted by Gasteiger charge is 2.58. The Labute approximate surface area is 179 Å². The molecule has 0 bridgehead atoms. The van der Waals surface area contributed by atoms with E-state index in [2.05, 4.69) is 6.92 Å². The first kappa shape index (κ1) is 22.1. The Morgan fingerprint density at radius 3 is 2.55 bits per heavy atom. The first-order chi connectivity index (χ1) is 13.7. The van der Waals surface area contributed by atoms with E-state index in [0.717, 1.165) is 55.5 Å². The third kappa shape index (κ3) is 4.31. The van der Waals surface area contributed by atoms with E-state index in [1.165, 1.54) is 38.5 Å². The number of fused-ring (bicyclic) bond motifs is 5. The number of ether oxygens (including phenoxy) is 1. The molecule has 4 fully saturated rings. The fourth-order valence-corrected chi connectivity index (χ4v) is 9.36. The fourth-order valence-electron chi connectivity index (χ4n) is 8.10. The second-order valence-corrected chi connectivity index (χ2v) is 13.8. The molecule has 0 heterocycles. The Hall–Kier alpha value is -0.110. The summed E-state index contributed by atoms with van der Waals surface area (Å²) < 4.78 is 36.5. The molecule has 8 atom stereocenters. The van der Waals surface area contributed by atoms with Crippen molar-refractivity contribution in [3.8, 4) is 0 Å². The molecule has 0 spiro atoms. The van der Waals surface area contributed by atoms with Crippen LogP contribution in [0.2, 0.25) is 0 Å². The van der Waals surface area contributed by atoms with Gasteiger partial charge in [0.2, 0.25) is 0 Å². The van der Waals surface area contributed by atoms with Crippen LogP contribution in [0.3, 0.4) is 0 Å². The lowest BCUT2D eigenvalue weighted by atomic mass is 9.49. The molecule has 4 saturated carbocycles. The van der Waals surface area contributed by atoms with Crippen LogP contribution in [0.5, 0.6) is 0 Å². The van der Waals surface area contributed by atoms with Gasteiger partial charge in [-0.3, -0.25) is 9.35 Å². The molecule has 0 aromatic heterocycles. The van der Waals surface area contributed by atoms with Crippen molar-refractivity contribution in [2.24, 2.45) is 46.8 Å². The minimum atomic E-state index is -4.15. The summed E-state index contributed by atoms with van der Waals surface area (Å²) in [6, 6.07) is 0. The molecule has 1 N–H and O–H groups in total. The Balaban J connectivity index is 1.43. The number of hydrogen-bond donors (Lipinski definition) is 1. The van der Waals surface area contributed by atoms with E-state index in [-0.39, 0.29) is 22.9 Å². The monoisotopic (exact) mass is 444 g/mol. The van der Waals surface area contributed by atoms with E-state index in [9.17, 15) is 13.2 Å². The predicted octanol–water partition coefficient (Wildman–Crippen LogP) is 4.62. The number of Topliss-reactive ketones (excluding diaryl/α,β-unsaturated/α-hetero) is 1. The summed E-state index contributed by atoms with van der Waals surface area (Å²) in [5.41, 5.74) is 0.0120. The van der Waals surface area contributed by atoms with Crippen LogP contribution in [0.15, 0.2) is 0 Å². The number of methoxy groups -OCH3 is 1. The number of ketones is 1. The summed E-state index contributed by atoms with van der Waals surface area (Å²) in [5.74, 6) is 4.46. The summed E-state index contributed by atoms with van der Waals surface area (Å²) >= 11 is 0. The molecule has 0 aromatic rings. The molecule has 0 radical (unpaired) electrons. The van der Waals surface area contributed by atoms with E-state index in [1.54, 1.807) is 0 Å². The number of rotatable bonds is 6. The summed E-state index contributed by atoms with van der Waals surface area (Å²) in [6.07, 6.45) is 10.9. The quantitative estimate of drug-likeness (QED) is 0.475. The first-order valence-electron chi connectivity index (χ1n) is 11.4. The van der Waals surface area contributed by atoms with Crippen molar-refractivity contribution in [3.63, 3.8) is 0 Å². The lowest BCUT2D eigenvalue weighted by molar-refractivity contribution is -0.128. The van der Waals surface area contributed by atoms with Crippen molar-refractivity contribution < 1.29 is 22.5 Å². The second kappa shape index (κ2) is 8.44. The lowest BCUT2D eigenvalue weighted by Crippen LogP contribution is -2.49. The largest absolute Gasteiger partial charge is 0.384 e. The van der Waals surface area contributed by atoms with Crippen LogP contribution in [-0.2, 0) is 18.7 Å². The van der Waals surface area contributed by atoms with Gasteiger partial charge in [-0.2, -0.15) is 8.42 Å². The zero-order valence-electron chi connectivity index (χ0n) is 17.7. The zero-order chi connectivity index (χ0) is 20.8. The minimum Gasteiger partial charge on any atom is -0.384 e. The van der Waals surface area contributed by atoms with Crippen LogP contribution in [0.4, 0.5) is 0 Å². The molecule has 0 saturated heterocycles. The van der Waals surface area contributed by atoms with Crippen LogP contribution in [-0.4, -0.2) is 38.2 Å². The van der Waals surface area contributed by atoms with Crippen LogP contribution >= 0.6 is 10.8 Å². The molecule has 4 rings (SSSR count).